The lowest BCUT2D eigenvalue weighted by atomic mass is 10.1. The smallest absolute Gasteiger partial charge is 0.325 e. The van der Waals surface area contributed by atoms with Crippen molar-refractivity contribution in [3.8, 4) is 0 Å². The van der Waals surface area contributed by atoms with Crippen LogP contribution in [-0.2, 0) is 26.2 Å². The number of fused-ring (bicyclic) bond motifs is 1. The van der Waals surface area contributed by atoms with E-state index < -0.39 is 21.9 Å². The third-order valence-electron chi connectivity index (χ3n) is 5.12. The third-order valence-corrected chi connectivity index (χ3v) is 7.19. The molecule has 1 N–H and O–H groups in total. The highest BCUT2D eigenvalue weighted by Crippen LogP contribution is 2.19. The van der Waals surface area contributed by atoms with Crippen molar-refractivity contribution in [1.82, 2.24) is 9.62 Å². The van der Waals surface area contributed by atoms with Gasteiger partial charge in [0.25, 0.3) is 5.91 Å². The summed E-state index contributed by atoms with van der Waals surface area (Å²) in [5.74, 6) is -1.05. The maximum absolute atomic E-state index is 12.5. The molecule has 8 heteroatoms. The minimum atomic E-state index is -3.59. The number of esters is 1. The van der Waals surface area contributed by atoms with Gasteiger partial charge in [0, 0.05) is 18.7 Å². The van der Waals surface area contributed by atoms with Crippen molar-refractivity contribution in [3.05, 3.63) is 77.9 Å². The summed E-state index contributed by atoms with van der Waals surface area (Å²) in [6.45, 7) is 4.07. The first-order chi connectivity index (χ1) is 15.4. The molecule has 0 spiro atoms. The van der Waals surface area contributed by atoms with Crippen LogP contribution in [0.5, 0.6) is 0 Å². The van der Waals surface area contributed by atoms with Crippen molar-refractivity contribution >= 4 is 32.7 Å². The number of hydrogen-bond acceptors (Lipinski definition) is 5. The second-order valence-corrected chi connectivity index (χ2v) is 9.03. The number of ether oxygens (including phenoxy) is 1. The predicted octanol–water partition coefficient (Wildman–Crippen LogP) is 3.34. The highest BCUT2D eigenvalue weighted by atomic mass is 32.2. The summed E-state index contributed by atoms with van der Waals surface area (Å²) < 4.78 is 31.7. The molecular formula is C24H26N2O5S. The Morgan fingerprint density at radius 2 is 1.56 bits per heavy atom. The van der Waals surface area contributed by atoms with Crippen molar-refractivity contribution in [1.29, 1.82) is 0 Å². The Bertz CT molecular complexity index is 1200. The molecule has 0 saturated heterocycles. The molecule has 0 aliphatic heterocycles. The number of sulfonamides is 1. The lowest BCUT2D eigenvalue weighted by Crippen LogP contribution is -2.31. The Morgan fingerprint density at radius 3 is 2.25 bits per heavy atom. The molecule has 0 radical (unpaired) electrons. The third kappa shape index (κ3) is 5.33. The predicted molar refractivity (Wildman–Crippen MR) is 123 cm³/mol. The molecule has 0 unspecified atom stereocenters. The van der Waals surface area contributed by atoms with Crippen LogP contribution in [0.15, 0.2) is 71.6 Å². The Hall–Kier alpha value is -3.23. The summed E-state index contributed by atoms with van der Waals surface area (Å²) in [5, 5.41) is 4.56. The molecule has 0 aliphatic carbocycles. The summed E-state index contributed by atoms with van der Waals surface area (Å²) >= 11 is 0. The minimum absolute atomic E-state index is 0.105. The molecule has 0 aliphatic rings. The van der Waals surface area contributed by atoms with Crippen LogP contribution in [0.2, 0.25) is 0 Å². The van der Waals surface area contributed by atoms with Crippen LogP contribution in [0, 0.1) is 0 Å². The van der Waals surface area contributed by atoms with E-state index in [-0.39, 0.29) is 23.6 Å². The van der Waals surface area contributed by atoms with E-state index in [0.717, 1.165) is 16.3 Å². The highest BCUT2D eigenvalue weighted by Gasteiger charge is 2.21. The Labute approximate surface area is 188 Å². The van der Waals surface area contributed by atoms with E-state index in [0.29, 0.717) is 13.1 Å². The second kappa shape index (κ2) is 10.4. The van der Waals surface area contributed by atoms with E-state index >= 15 is 0 Å². The number of carbonyl (C=O) groups is 2. The van der Waals surface area contributed by atoms with Crippen molar-refractivity contribution in [2.24, 2.45) is 0 Å². The van der Waals surface area contributed by atoms with Crippen molar-refractivity contribution in [2.75, 3.05) is 19.6 Å². The monoisotopic (exact) mass is 454 g/mol. The topological polar surface area (TPSA) is 92.8 Å². The number of rotatable bonds is 9. The zero-order valence-electron chi connectivity index (χ0n) is 18.1. The van der Waals surface area contributed by atoms with Crippen LogP contribution in [-0.4, -0.2) is 44.2 Å². The van der Waals surface area contributed by atoms with Gasteiger partial charge in [-0.3, -0.25) is 9.59 Å². The summed E-state index contributed by atoms with van der Waals surface area (Å²) in [6.07, 6.45) is 0. The van der Waals surface area contributed by atoms with Gasteiger partial charge in [0.05, 0.1) is 4.90 Å². The minimum Gasteiger partial charge on any atom is -0.459 e. The SMILES string of the molecule is CCN(CC)S(=O)(=O)c1ccc(C(=O)NCC(=O)OCc2cccc3ccccc23)cc1. The van der Waals surface area contributed by atoms with Gasteiger partial charge in [0.2, 0.25) is 10.0 Å². The molecule has 3 rings (SSSR count). The number of benzene rings is 3. The van der Waals surface area contributed by atoms with Crippen LogP contribution in [0.3, 0.4) is 0 Å². The lowest BCUT2D eigenvalue weighted by Gasteiger charge is -2.18. The molecule has 0 saturated carbocycles. The van der Waals surface area contributed by atoms with Gasteiger partial charge in [-0.2, -0.15) is 4.31 Å². The number of nitrogens with one attached hydrogen (secondary N) is 1. The van der Waals surface area contributed by atoms with E-state index in [1.807, 2.05) is 42.5 Å². The fourth-order valence-electron chi connectivity index (χ4n) is 3.37. The average molecular weight is 455 g/mol. The van der Waals surface area contributed by atoms with Gasteiger partial charge in [-0.15, -0.1) is 0 Å². The summed E-state index contributed by atoms with van der Waals surface area (Å²) in [5.41, 5.74) is 1.14. The highest BCUT2D eigenvalue weighted by molar-refractivity contribution is 7.89. The fourth-order valence-corrected chi connectivity index (χ4v) is 4.83. The number of nitrogens with zero attached hydrogens (tertiary/aromatic N) is 1. The van der Waals surface area contributed by atoms with Gasteiger partial charge in [0.15, 0.2) is 0 Å². The molecule has 168 valence electrons. The van der Waals surface area contributed by atoms with Crippen LogP contribution < -0.4 is 5.32 Å². The zero-order chi connectivity index (χ0) is 23.1. The van der Waals surface area contributed by atoms with E-state index in [4.69, 9.17) is 4.74 Å². The molecule has 3 aromatic rings. The molecular weight excluding hydrogens is 428 g/mol. The Morgan fingerprint density at radius 1 is 0.906 bits per heavy atom. The van der Waals surface area contributed by atoms with E-state index in [1.54, 1.807) is 13.8 Å². The largest absolute Gasteiger partial charge is 0.459 e. The average Bonchev–Trinajstić information content (AvgIpc) is 2.81. The van der Waals surface area contributed by atoms with Gasteiger partial charge in [-0.25, -0.2) is 8.42 Å². The fraction of sp³-hybridized carbons (Fsp3) is 0.250. The van der Waals surface area contributed by atoms with Gasteiger partial charge in [0.1, 0.15) is 13.2 Å². The van der Waals surface area contributed by atoms with Crippen LogP contribution in [0.4, 0.5) is 0 Å². The van der Waals surface area contributed by atoms with E-state index in [1.165, 1.54) is 28.6 Å². The summed E-state index contributed by atoms with van der Waals surface area (Å²) in [6, 6.07) is 19.2. The number of hydrogen-bond donors (Lipinski definition) is 1. The second-order valence-electron chi connectivity index (χ2n) is 7.10. The molecule has 0 aromatic heterocycles. The van der Waals surface area contributed by atoms with Crippen molar-refractivity contribution < 1.29 is 22.7 Å². The van der Waals surface area contributed by atoms with E-state index in [2.05, 4.69) is 5.32 Å². The molecule has 0 bridgehead atoms. The zero-order valence-corrected chi connectivity index (χ0v) is 18.9. The Kier molecular flexibility index (Phi) is 7.61. The maximum atomic E-state index is 12.5. The van der Waals surface area contributed by atoms with Gasteiger partial charge < -0.3 is 10.1 Å². The summed E-state index contributed by atoms with van der Waals surface area (Å²) in [7, 11) is -3.59. The maximum Gasteiger partial charge on any atom is 0.325 e. The molecule has 0 fully saturated rings. The van der Waals surface area contributed by atoms with Crippen LogP contribution in [0.1, 0.15) is 29.8 Å². The van der Waals surface area contributed by atoms with Crippen LogP contribution in [0.25, 0.3) is 10.8 Å². The molecule has 1 amide bonds. The molecule has 0 heterocycles. The number of carbonyl (C=O) groups excluding carboxylic acids is 2. The van der Waals surface area contributed by atoms with Crippen LogP contribution >= 0.6 is 0 Å². The van der Waals surface area contributed by atoms with Gasteiger partial charge in [-0.05, 0) is 40.6 Å². The van der Waals surface area contributed by atoms with Crippen molar-refractivity contribution in [2.45, 2.75) is 25.3 Å². The standard InChI is InChI=1S/C24H26N2O5S/c1-3-26(4-2)32(29,30)21-14-12-19(13-15-21)24(28)25-16-23(27)31-17-20-10-7-9-18-8-5-6-11-22(18)20/h5-15H,3-4,16-17H2,1-2H3,(H,25,28). The van der Waals surface area contributed by atoms with Gasteiger partial charge >= 0.3 is 5.97 Å². The quantitative estimate of drug-likeness (QED) is 0.501. The summed E-state index contributed by atoms with van der Waals surface area (Å²) in [4.78, 5) is 24.5. The lowest BCUT2D eigenvalue weighted by molar-refractivity contribution is -0.143. The molecule has 3 aromatic carbocycles. The van der Waals surface area contributed by atoms with Gasteiger partial charge in [-0.1, -0.05) is 56.3 Å². The first-order valence-corrected chi connectivity index (χ1v) is 11.8. The Balaban J connectivity index is 1.55. The van der Waals surface area contributed by atoms with Crippen molar-refractivity contribution in [3.63, 3.8) is 0 Å². The number of amides is 1. The molecule has 32 heavy (non-hydrogen) atoms. The first-order valence-electron chi connectivity index (χ1n) is 10.4. The molecule has 0 atom stereocenters. The first kappa shape index (κ1) is 23.4. The van der Waals surface area contributed by atoms with E-state index in [9.17, 15) is 18.0 Å². The molecule has 7 nitrogen and oxygen atoms in total. The normalized spacial score (nSPS) is 11.5.